The summed E-state index contributed by atoms with van der Waals surface area (Å²) in [6.07, 6.45) is 0. The second-order valence-corrected chi connectivity index (χ2v) is 6.42. The maximum absolute atomic E-state index is 5.95. The minimum absolute atomic E-state index is 0.757. The van der Waals surface area contributed by atoms with Crippen molar-refractivity contribution in [3.63, 3.8) is 0 Å². The molecular weight excluding hydrogens is 320 g/mol. The highest BCUT2D eigenvalue weighted by Gasteiger charge is 2.00. The molecule has 100 valence electrons. The van der Waals surface area contributed by atoms with Crippen LogP contribution in [0.1, 0.15) is 12.5 Å². The molecule has 19 heavy (non-hydrogen) atoms. The molecule has 2 rings (SSSR count). The van der Waals surface area contributed by atoms with Crippen molar-refractivity contribution in [1.82, 2.24) is 0 Å². The average molecular weight is 337 g/mol. The summed E-state index contributed by atoms with van der Waals surface area (Å²) < 4.78 is 0.997. The molecule has 0 atom stereocenters. The number of nitrogens with two attached hydrogens (primary N) is 1. The fraction of sp³-hybridized carbons (Fsp3) is 0.200. The first kappa shape index (κ1) is 14.3. The molecule has 0 spiro atoms. The molecule has 0 aliphatic rings. The summed E-state index contributed by atoms with van der Waals surface area (Å²) in [5.74, 6) is 1.10. The lowest BCUT2D eigenvalue weighted by Crippen LogP contribution is -2.02. The first-order chi connectivity index (χ1) is 9.19. The van der Waals surface area contributed by atoms with E-state index in [0.29, 0.717) is 0 Å². The molecule has 3 N–H and O–H groups in total. The van der Waals surface area contributed by atoms with Crippen LogP contribution in [0.25, 0.3) is 0 Å². The smallest absolute Gasteiger partial charge is 0.0577 e. The number of nitrogens with one attached hydrogen (secondary N) is 1. The van der Waals surface area contributed by atoms with Crippen molar-refractivity contribution in [1.29, 1.82) is 0 Å². The van der Waals surface area contributed by atoms with Gasteiger partial charge in [-0.1, -0.05) is 35.0 Å². The predicted molar refractivity (Wildman–Crippen MR) is 88.7 cm³/mol. The Bertz CT molecular complexity index is 540. The lowest BCUT2D eigenvalue weighted by molar-refractivity contribution is 1.14. The van der Waals surface area contributed by atoms with Gasteiger partial charge >= 0.3 is 0 Å². The lowest BCUT2D eigenvalue weighted by atomic mass is 10.2. The van der Waals surface area contributed by atoms with Gasteiger partial charge in [0.2, 0.25) is 0 Å². The number of nitrogen functional groups attached to an aromatic ring is 1. The molecule has 0 saturated carbocycles. The van der Waals surface area contributed by atoms with Crippen LogP contribution in [-0.2, 0) is 6.54 Å². The second-order valence-electron chi connectivity index (χ2n) is 4.16. The van der Waals surface area contributed by atoms with Crippen molar-refractivity contribution in [3.8, 4) is 0 Å². The SMILES string of the molecule is CCSc1ccc(CNc2ccc(Br)cc2N)cc1. The van der Waals surface area contributed by atoms with Gasteiger partial charge in [0, 0.05) is 15.9 Å². The minimum Gasteiger partial charge on any atom is -0.397 e. The van der Waals surface area contributed by atoms with E-state index in [0.717, 1.165) is 28.1 Å². The lowest BCUT2D eigenvalue weighted by Gasteiger charge is -2.10. The molecular formula is C15H17BrN2S. The molecule has 2 nitrogen and oxygen atoms in total. The van der Waals surface area contributed by atoms with E-state index < -0.39 is 0 Å². The monoisotopic (exact) mass is 336 g/mol. The first-order valence-electron chi connectivity index (χ1n) is 6.19. The summed E-state index contributed by atoms with van der Waals surface area (Å²) in [5.41, 5.74) is 8.93. The zero-order chi connectivity index (χ0) is 13.7. The Balaban J connectivity index is 1.98. The molecule has 0 unspecified atom stereocenters. The highest BCUT2D eigenvalue weighted by Crippen LogP contribution is 2.24. The number of hydrogen-bond acceptors (Lipinski definition) is 3. The van der Waals surface area contributed by atoms with E-state index in [1.165, 1.54) is 10.5 Å². The zero-order valence-electron chi connectivity index (χ0n) is 10.8. The number of thioether (sulfide) groups is 1. The Hall–Kier alpha value is -1.13. The van der Waals surface area contributed by atoms with Crippen LogP contribution in [0.4, 0.5) is 11.4 Å². The van der Waals surface area contributed by atoms with Gasteiger partial charge in [-0.2, -0.15) is 0 Å². The van der Waals surface area contributed by atoms with Crippen LogP contribution in [0.2, 0.25) is 0 Å². The molecule has 0 radical (unpaired) electrons. The van der Waals surface area contributed by atoms with Gasteiger partial charge in [-0.05, 0) is 41.6 Å². The third-order valence-corrected chi connectivity index (χ3v) is 4.12. The summed E-state index contributed by atoms with van der Waals surface area (Å²) >= 11 is 5.26. The van der Waals surface area contributed by atoms with Gasteiger partial charge in [0.15, 0.2) is 0 Å². The Labute approximate surface area is 126 Å². The van der Waals surface area contributed by atoms with Crippen molar-refractivity contribution < 1.29 is 0 Å². The fourth-order valence-electron chi connectivity index (χ4n) is 1.76. The van der Waals surface area contributed by atoms with Crippen LogP contribution in [-0.4, -0.2) is 5.75 Å². The Morgan fingerprint density at radius 3 is 2.53 bits per heavy atom. The first-order valence-corrected chi connectivity index (χ1v) is 7.97. The predicted octanol–water partition coefficient (Wildman–Crippen LogP) is 4.76. The van der Waals surface area contributed by atoms with Gasteiger partial charge < -0.3 is 11.1 Å². The Kier molecular flexibility index (Phi) is 5.16. The van der Waals surface area contributed by atoms with E-state index in [-0.39, 0.29) is 0 Å². The molecule has 0 fully saturated rings. The summed E-state index contributed by atoms with van der Waals surface area (Å²) in [6, 6.07) is 14.5. The second kappa shape index (κ2) is 6.87. The summed E-state index contributed by atoms with van der Waals surface area (Å²) in [7, 11) is 0. The maximum atomic E-state index is 5.95. The number of anilines is 2. The third-order valence-electron chi connectivity index (χ3n) is 2.73. The van der Waals surface area contributed by atoms with Gasteiger partial charge in [0.1, 0.15) is 0 Å². The van der Waals surface area contributed by atoms with Gasteiger partial charge in [0.05, 0.1) is 11.4 Å². The number of benzene rings is 2. The topological polar surface area (TPSA) is 38.0 Å². The number of halogens is 1. The Morgan fingerprint density at radius 1 is 1.16 bits per heavy atom. The van der Waals surface area contributed by atoms with E-state index in [9.17, 15) is 0 Å². The van der Waals surface area contributed by atoms with Crippen LogP contribution >= 0.6 is 27.7 Å². The quantitative estimate of drug-likeness (QED) is 0.610. The summed E-state index contributed by atoms with van der Waals surface area (Å²) in [5, 5.41) is 3.36. The van der Waals surface area contributed by atoms with E-state index in [1.54, 1.807) is 0 Å². The van der Waals surface area contributed by atoms with E-state index >= 15 is 0 Å². The maximum Gasteiger partial charge on any atom is 0.0577 e. The van der Waals surface area contributed by atoms with Gasteiger partial charge in [-0.15, -0.1) is 11.8 Å². The number of rotatable bonds is 5. The van der Waals surface area contributed by atoms with Crippen LogP contribution in [0.15, 0.2) is 51.8 Å². The molecule has 0 bridgehead atoms. The zero-order valence-corrected chi connectivity index (χ0v) is 13.2. The highest BCUT2D eigenvalue weighted by atomic mass is 79.9. The van der Waals surface area contributed by atoms with Crippen molar-refractivity contribution >= 4 is 39.1 Å². The van der Waals surface area contributed by atoms with Crippen LogP contribution in [0.5, 0.6) is 0 Å². The van der Waals surface area contributed by atoms with E-state index in [1.807, 2.05) is 30.0 Å². The van der Waals surface area contributed by atoms with Crippen molar-refractivity contribution in [2.45, 2.75) is 18.4 Å². The van der Waals surface area contributed by atoms with E-state index in [2.05, 4.69) is 52.4 Å². The Morgan fingerprint density at radius 2 is 1.89 bits per heavy atom. The largest absolute Gasteiger partial charge is 0.397 e. The van der Waals surface area contributed by atoms with Gasteiger partial charge in [0.25, 0.3) is 0 Å². The molecule has 0 aliphatic heterocycles. The molecule has 2 aromatic rings. The summed E-state index contributed by atoms with van der Waals surface area (Å²) in [4.78, 5) is 1.31. The van der Waals surface area contributed by atoms with Crippen LogP contribution in [0.3, 0.4) is 0 Å². The molecule has 0 amide bonds. The standard InChI is InChI=1S/C15H17BrN2S/c1-2-19-13-6-3-11(4-7-13)10-18-15-8-5-12(16)9-14(15)17/h3-9,18H,2,10,17H2,1H3. The molecule has 0 heterocycles. The number of hydrogen-bond donors (Lipinski definition) is 2. The van der Waals surface area contributed by atoms with Gasteiger partial charge in [-0.25, -0.2) is 0 Å². The van der Waals surface area contributed by atoms with Crippen LogP contribution in [0, 0.1) is 0 Å². The molecule has 0 aliphatic carbocycles. The molecule has 2 aromatic carbocycles. The van der Waals surface area contributed by atoms with E-state index in [4.69, 9.17) is 5.73 Å². The van der Waals surface area contributed by atoms with Gasteiger partial charge in [-0.3, -0.25) is 0 Å². The summed E-state index contributed by atoms with van der Waals surface area (Å²) in [6.45, 7) is 2.94. The highest BCUT2D eigenvalue weighted by molar-refractivity contribution is 9.10. The van der Waals surface area contributed by atoms with Crippen molar-refractivity contribution in [2.75, 3.05) is 16.8 Å². The third kappa shape index (κ3) is 4.18. The molecule has 0 saturated heterocycles. The molecule has 0 aromatic heterocycles. The fourth-order valence-corrected chi connectivity index (χ4v) is 2.80. The van der Waals surface area contributed by atoms with Crippen LogP contribution < -0.4 is 11.1 Å². The average Bonchev–Trinajstić information content (AvgIpc) is 2.40. The van der Waals surface area contributed by atoms with Crippen molar-refractivity contribution in [3.05, 3.63) is 52.5 Å². The minimum atomic E-state index is 0.757. The molecule has 4 heteroatoms. The van der Waals surface area contributed by atoms with Crippen molar-refractivity contribution in [2.24, 2.45) is 0 Å². The normalized spacial score (nSPS) is 10.4.